The van der Waals surface area contributed by atoms with Crippen molar-refractivity contribution in [1.29, 1.82) is 0 Å². The number of sulfonamides is 1. The van der Waals surface area contributed by atoms with Crippen molar-refractivity contribution in [1.82, 2.24) is 10.0 Å². The number of nitrogens with one attached hydrogen (secondary N) is 2. The van der Waals surface area contributed by atoms with E-state index in [0.29, 0.717) is 0 Å². The Bertz CT molecular complexity index is 631. The van der Waals surface area contributed by atoms with E-state index in [0.717, 1.165) is 25.0 Å². The molecule has 1 fully saturated rings. The van der Waals surface area contributed by atoms with Gasteiger partial charge in [0.1, 0.15) is 10.7 Å². The van der Waals surface area contributed by atoms with Crippen molar-refractivity contribution >= 4 is 37.7 Å². The molecule has 0 atom stereocenters. The van der Waals surface area contributed by atoms with Gasteiger partial charge in [-0.1, -0.05) is 0 Å². The van der Waals surface area contributed by atoms with Crippen LogP contribution < -0.4 is 15.8 Å². The molecule has 0 radical (unpaired) electrons. The second kappa shape index (κ2) is 4.97. The van der Waals surface area contributed by atoms with Crippen LogP contribution in [0.5, 0.6) is 0 Å². The molecule has 1 saturated carbocycles. The third-order valence-electron chi connectivity index (χ3n) is 2.48. The average Bonchev–Trinajstić information content (AvgIpc) is 3.05. The van der Waals surface area contributed by atoms with Gasteiger partial charge in [-0.25, -0.2) is 22.3 Å². The molecule has 4 N–H and O–H groups in total. The first kappa shape index (κ1) is 14.1. The van der Waals surface area contributed by atoms with E-state index < -0.39 is 21.9 Å². The Morgan fingerprint density at radius 3 is 2.63 bits per heavy atom. The highest BCUT2D eigenvalue weighted by atomic mass is 79.9. The summed E-state index contributed by atoms with van der Waals surface area (Å²) in [5, 5.41) is 2.47. The van der Waals surface area contributed by atoms with Gasteiger partial charge in [0.15, 0.2) is 0 Å². The number of halogens is 2. The van der Waals surface area contributed by atoms with Gasteiger partial charge in [0.2, 0.25) is 0 Å². The standard InChI is InChI=1S/C10H11BrFN3O3S/c11-6-3-9(8(13)4-7(6)12)19(17,18)15-10(16)14-5-1-2-5/h3-5H,1-2,13H2,(H2,14,15,16). The number of hydrogen-bond donors (Lipinski definition) is 3. The first-order chi connectivity index (χ1) is 8.79. The van der Waals surface area contributed by atoms with Crippen molar-refractivity contribution in [3.63, 3.8) is 0 Å². The Morgan fingerprint density at radius 2 is 2.05 bits per heavy atom. The predicted molar refractivity (Wildman–Crippen MR) is 70.4 cm³/mol. The van der Waals surface area contributed by atoms with E-state index >= 15 is 0 Å². The second-order valence-electron chi connectivity index (χ2n) is 4.16. The molecule has 2 amide bonds. The number of rotatable bonds is 3. The quantitative estimate of drug-likeness (QED) is 0.714. The lowest BCUT2D eigenvalue weighted by Gasteiger charge is -2.10. The van der Waals surface area contributed by atoms with Crippen LogP contribution in [-0.2, 0) is 10.0 Å². The maximum Gasteiger partial charge on any atom is 0.328 e. The summed E-state index contributed by atoms with van der Waals surface area (Å²) in [7, 11) is -4.13. The molecule has 0 aliphatic heterocycles. The second-order valence-corrected chi connectivity index (χ2v) is 6.66. The van der Waals surface area contributed by atoms with Crippen LogP contribution in [0.2, 0.25) is 0 Å². The Labute approximate surface area is 117 Å². The number of anilines is 1. The topological polar surface area (TPSA) is 101 Å². The Morgan fingerprint density at radius 1 is 1.42 bits per heavy atom. The lowest BCUT2D eigenvalue weighted by atomic mass is 10.3. The van der Waals surface area contributed by atoms with Crippen LogP contribution >= 0.6 is 15.9 Å². The number of amides is 2. The number of nitrogen functional groups attached to an aromatic ring is 1. The van der Waals surface area contributed by atoms with Gasteiger partial charge in [-0.3, -0.25) is 0 Å². The molecule has 0 saturated heterocycles. The molecule has 1 aromatic rings. The highest BCUT2D eigenvalue weighted by Gasteiger charge is 2.27. The molecule has 0 heterocycles. The largest absolute Gasteiger partial charge is 0.398 e. The van der Waals surface area contributed by atoms with E-state index in [-0.39, 0.29) is 21.1 Å². The average molecular weight is 352 g/mol. The number of carbonyl (C=O) groups is 1. The smallest absolute Gasteiger partial charge is 0.328 e. The van der Waals surface area contributed by atoms with Crippen molar-refractivity contribution in [3.05, 3.63) is 22.4 Å². The van der Waals surface area contributed by atoms with E-state index in [1.54, 1.807) is 0 Å². The third-order valence-corrected chi connectivity index (χ3v) is 4.48. The zero-order chi connectivity index (χ0) is 14.2. The van der Waals surface area contributed by atoms with Crippen LogP contribution in [0.3, 0.4) is 0 Å². The van der Waals surface area contributed by atoms with Gasteiger partial charge in [0, 0.05) is 6.04 Å². The molecule has 6 nitrogen and oxygen atoms in total. The van der Waals surface area contributed by atoms with E-state index in [4.69, 9.17) is 5.73 Å². The maximum absolute atomic E-state index is 13.2. The molecule has 0 aromatic heterocycles. The van der Waals surface area contributed by atoms with Crippen LogP contribution in [-0.4, -0.2) is 20.5 Å². The molecule has 1 aromatic carbocycles. The summed E-state index contributed by atoms with van der Waals surface area (Å²) in [6.07, 6.45) is 1.66. The predicted octanol–water partition coefficient (Wildman–Crippen LogP) is 1.32. The van der Waals surface area contributed by atoms with Crippen LogP contribution in [0.15, 0.2) is 21.5 Å². The fraction of sp³-hybridized carbons (Fsp3) is 0.300. The molecule has 0 bridgehead atoms. The summed E-state index contributed by atoms with van der Waals surface area (Å²) in [5.74, 6) is -0.682. The van der Waals surface area contributed by atoms with Crippen LogP contribution in [0.1, 0.15) is 12.8 Å². The minimum absolute atomic E-state index is 0.0208. The van der Waals surface area contributed by atoms with Crippen molar-refractivity contribution in [2.75, 3.05) is 5.73 Å². The van der Waals surface area contributed by atoms with E-state index in [9.17, 15) is 17.6 Å². The lowest BCUT2D eigenvalue weighted by molar-refractivity contribution is 0.245. The van der Waals surface area contributed by atoms with Gasteiger partial charge >= 0.3 is 6.03 Å². The zero-order valence-electron chi connectivity index (χ0n) is 9.61. The van der Waals surface area contributed by atoms with E-state index in [1.807, 2.05) is 4.72 Å². The molecule has 1 aliphatic carbocycles. The van der Waals surface area contributed by atoms with Gasteiger partial charge in [-0.05, 0) is 40.9 Å². The number of nitrogens with two attached hydrogens (primary N) is 1. The highest BCUT2D eigenvalue weighted by Crippen LogP contribution is 2.26. The van der Waals surface area contributed by atoms with Crippen LogP contribution in [0.25, 0.3) is 0 Å². The summed E-state index contributed by atoms with van der Waals surface area (Å²) >= 11 is 2.87. The first-order valence-electron chi connectivity index (χ1n) is 5.37. The van der Waals surface area contributed by atoms with Gasteiger partial charge in [-0.2, -0.15) is 0 Å². The van der Waals surface area contributed by atoms with Crippen molar-refractivity contribution in [2.24, 2.45) is 0 Å². The van der Waals surface area contributed by atoms with Gasteiger partial charge in [-0.15, -0.1) is 0 Å². The Kier molecular flexibility index (Phi) is 3.68. The summed E-state index contributed by atoms with van der Waals surface area (Å²) < 4.78 is 38.8. The molecule has 104 valence electrons. The van der Waals surface area contributed by atoms with Crippen molar-refractivity contribution in [2.45, 2.75) is 23.8 Å². The summed E-state index contributed by atoms with van der Waals surface area (Å²) in [5.41, 5.74) is 5.18. The Balaban J connectivity index is 2.23. The molecule has 0 spiro atoms. The molecule has 0 unspecified atom stereocenters. The fourth-order valence-corrected chi connectivity index (χ4v) is 2.95. The van der Waals surface area contributed by atoms with Crippen molar-refractivity contribution in [3.8, 4) is 0 Å². The summed E-state index contributed by atoms with van der Waals surface area (Å²) in [4.78, 5) is 11.1. The molecular weight excluding hydrogens is 341 g/mol. The molecule has 19 heavy (non-hydrogen) atoms. The van der Waals surface area contributed by atoms with Gasteiger partial charge in [0.05, 0.1) is 10.2 Å². The maximum atomic E-state index is 13.2. The fourth-order valence-electron chi connectivity index (χ4n) is 1.40. The van der Waals surface area contributed by atoms with Crippen LogP contribution in [0.4, 0.5) is 14.9 Å². The molecule has 9 heteroatoms. The normalized spacial score (nSPS) is 15.1. The zero-order valence-corrected chi connectivity index (χ0v) is 12.0. The lowest BCUT2D eigenvalue weighted by Crippen LogP contribution is -2.40. The third kappa shape index (κ3) is 3.35. The summed E-state index contributed by atoms with van der Waals surface area (Å²) in [6, 6.07) is 1.09. The van der Waals surface area contributed by atoms with E-state index in [1.165, 1.54) is 0 Å². The summed E-state index contributed by atoms with van der Waals surface area (Å²) in [6.45, 7) is 0. The molecular formula is C10H11BrFN3O3S. The van der Waals surface area contributed by atoms with Gasteiger partial charge in [0.25, 0.3) is 10.0 Å². The van der Waals surface area contributed by atoms with E-state index in [2.05, 4.69) is 21.2 Å². The highest BCUT2D eigenvalue weighted by molar-refractivity contribution is 9.10. The Hall–Kier alpha value is -1.35. The monoisotopic (exact) mass is 351 g/mol. The van der Waals surface area contributed by atoms with Crippen molar-refractivity contribution < 1.29 is 17.6 Å². The van der Waals surface area contributed by atoms with Crippen LogP contribution in [0, 0.1) is 5.82 Å². The first-order valence-corrected chi connectivity index (χ1v) is 7.65. The molecule has 1 aliphatic rings. The number of hydrogen-bond acceptors (Lipinski definition) is 4. The molecule has 2 rings (SSSR count). The minimum Gasteiger partial charge on any atom is -0.398 e. The minimum atomic E-state index is -4.13. The SMILES string of the molecule is Nc1cc(F)c(Br)cc1S(=O)(=O)NC(=O)NC1CC1. The number of carbonyl (C=O) groups excluding carboxylic acids is 1. The van der Waals surface area contributed by atoms with Gasteiger partial charge < -0.3 is 11.1 Å². The number of benzene rings is 1. The number of urea groups is 1.